The first-order chi connectivity index (χ1) is 21.6. The molecule has 1 nitrogen and oxygen atoms in total. The van der Waals surface area contributed by atoms with Crippen molar-refractivity contribution in [2.45, 2.75) is 12.3 Å². The molecule has 1 aliphatic rings. The van der Waals surface area contributed by atoms with Crippen molar-refractivity contribution in [3.05, 3.63) is 187 Å². The fourth-order valence-corrected chi connectivity index (χ4v) is 8.44. The van der Waals surface area contributed by atoms with Gasteiger partial charge in [0, 0.05) is 32.5 Å². The molecule has 3 aromatic heterocycles. The number of hydrogen-bond donors (Lipinski definition) is 0. The SMILES string of the molecule is C=C(/C=C\C=C(/C)C1(c2cccc(-c3[c-]c4ccccc4s3)n2)c2ccccc2-c2ccccc21)c1[c-]c2ccccc2s1.[CH3-].[Pt]. The summed E-state index contributed by atoms with van der Waals surface area (Å²) in [4.78, 5) is 7.54. The van der Waals surface area contributed by atoms with Gasteiger partial charge in [-0.3, -0.25) is 4.98 Å². The summed E-state index contributed by atoms with van der Waals surface area (Å²) in [6, 6.07) is 47.9. The number of rotatable bonds is 6. The molecule has 0 atom stereocenters. The van der Waals surface area contributed by atoms with Crippen molar-refractivity contribution in [2.24, 2.45) is 0 Å². The second-order valence-electron chi connectivity index (χ2n) is 11.1. The Kier molecular flexibility index (Phi) is 8.94. The smallest absolute Gasteiger partial charge is 0.0836 e. The van der Waals surface area contributed by atoms with Gasteiger partial charge in [-0.25, -0.2) is 22.7 Å². The van der Waals surface area contributed by atoms with Crippen LogP contribution in [0.1, 0.15) is 28.6 Å². The number of hydrogen-bond acceptors (Lipinski definition) is 3. The van der Waals surface area contributed by atoms with Gasteiger partial charge in [-0.2, -0.15) is 0 Å². The molecule has 0 unspecified atom stereocenters. The minimum atomic E-state index is -0.546. The number of benzene rings is 4. The van der Waals surface area contributed by atoms with Gasteiger partial charge < -0.3 is 7.43 Å². The Morgan fingerprint density at radius 3 is 1.96 bits per heavy atom. The molecule has 4 heteroatoms. The minimum absolute atomic E-state index is 0. The predicted octanol–water partition coefficient (Wildman–Crippen LogP) is 11.8. The van der Waals surface area contributed by atoms with Crippen LogP contribution in [0.2, 0.25) is 0 Å². The third-order valence-corrected chi connectivity index (χ3v) is 10.8. The van der Waals surface area contributed by atoms with Gasteiger partial charge >= 0.3 is 0 Å². The Bertz CT molecular complexity index is 2170. The van der Waals surface area contributed by atoms with Crippen LogP contribution in [0.4, 0.5) is 0 Å². The van der Waals surface area contributed by atoms with Gasteiger partial charge in [-0.15, -0.1) is 53.7 Å². The molecule has 0 saturated heterocycles. The van der Waals surface area contributed by atoms with E-state index in [0.717, 1.165) is 37.5 Å². The Morgan fingerprint density at radius 2 is 1.30 bits per heavy atom. The summed E-state index contributed by atoms with van der Waals surface area (Å²) in [5.74, 6) is 0. The molecule has 0 saturated carbocycles. The zero-order valence-electron chi connectivity index (χ0n) is 25.5. The average molecular weight is 808 g/mol. The van der Waals surface area contributed by atoms with Crippen molar-refractivity contribution in [1.82, 2.24) is 4.98 Å². The van der Waals surface area contributed by atoms with Crippen molar-refractivity contribution in [3.63, 3.8) is 0 Å². The molecular formula is C42H30NPtS2-3. The first-order valence-corrected chi connectivity index (χ1v) is 16.3. The van der Waals surface area contributed by atoms with Crippen LogP contribution >= 0.6 is 22.7 Å². The van der Waals surface area contributed by atoms with E-state index in [1.54, 1.807) is 22.7 Å². The summed E-state index contributed by atoms with van der Waals surface area (Å²) in [6.07, 6.45) is 6.46. The number of thiophene rings is 2. The number of aromatic nitrogens is 1. The molecule has 0 amide bonds. The van der Waals surface area contributed by atoms with Gasteiger partial charge in [0.2, 0.25) is 0 Å². The van der Waals surface area contributed by atoms with Gasteiger partial charge in [0.25, 0.3) is 0 Å². The monoisotopic (exact) mass is 807 g/mol. The van der Waals surface area contributed by atoms with Gasteiger partial charge in [0.15, 0.2) is 0 Å². The summed E-state index contributed by atoms with van der Waals surface area (Å²) < 4.78 is 2.45. The Morgan fingerprint density at radius 1 is 0.717 bits per heavy atom. The molecule has 0 N–H and O–H groups in total. The molecule has 3 heterocycles. The maximum absolute atomic E-state index is 5.42. The van der Waals surface area contributed by atoms with E-state index in [2.05, 4.69) is 159 Å². The van der Waals surface area contributed by atoms with Crippen molar-refractivity contribution in [1.29, 1.82) is 0 Å². The van der Waals surface area contributed by atoms with Crippen LogP contribution in [-0.2, 0) is 26.5 Å². The standard InChI is InChI=1S/C41H27NS2.CH3.Pt/c1-27(38-25-29-15-3-9-22-36(29)43-38)13-11-14-28(2)41(33-19-7-5-17-31(33)32-18-6-8-20-34(32)41)40-24-12-21-35(42-40)39-26-30-16-4-10-23-37(30)44-39;;/h3-24H,1H2,2H3;1H3;/q-2;-1;/b13-11-,28-14+;;. The van der Waals surface area contributed by atoms with Crippen molar-refractivity contribution < 1.29 is 21.1 Å². The Labute approximate surface area is 293 Å². The van der Waals surface area contributed by atoms with Crippen LogP contribution in [0.15, 0.2) is 146 Å². The second kappa shape index (κ2) is 12.9. The number of fused-ring (bicyclic) bond motifs is 5. The molecular weight excluding hydrogens is 778 g/mol. The molecule has 0 bridgehead atoms. The van der Waals surface area contributed by atoms with Gasteiger partial charge in [0.1, 0.15) is 0 Å². The van der Waals surface area contributed by atoms with Crippen LogP contribution in [0.5, 0.6) is 0 Å². The maximum Gasteiger partial charge on any atom is 0.0836 e. The van der Waals surface area contributed by atoms with Crippen LogP contribution in [0.3, 0.4) is 0 Å². The van der Waals surface area contributed by atoms with Crippen molar-refractivity contribution in [3.8, 4) is 21.7 Å². The van der Waals surface area contributed by atoms with E-state index in [1.807, 2.05) is 0 Å². The van der Waals surface area contributed by atoms with Crippen LogP contribution in [0, 0.1) is 19.6 Å². The van der Waals surface area contributed by atoms with Crippen LogP contribution in [0.25, 0.3) is 47.4 Å². The quantitative estimate of drug-likeness (QED) is 0.120. The summed E-state index contributed by atoms with van der Waals surface area (Å²) in [6.45, 7) is 6.61. The Balaban J connectivity index is 0.00000186. The zero-order chi connectivity index (χ0) is 29.7. The molecule has 0 radical (unpaired) electrons. The van der Waals surface area contributed by atoms with E-state index < -0.39 is 5.41 Å². The maximum atomic E-state index is 5.42. The normalized spacial score (nSPS) is 13.3. The summed E-state index contributed by atoms with van der Waals surface area (Å²) in [5, 5.41) is 2.26. The van der Waals surface area contributed by atoms with E-state index in [9.17, 15) is 0 Å². The van der Waals surface area contributed by atoms with Gasteiger partial charge in [-0.05, 0) is 49.5 Å². The first kappa shape index (κ1) is 31.8. The molecule has 0 aliphatic heterocycles. The number of pyridine rings is 1. The summed E-state index contributed by atoms with van der Waals surface area (Å²) in [7, 11) is 0. The molecule has 1 aliphatic carbocycles. The van der Waals surface area contributed by atoms with Crippen LogP contribution < -0.4 is 0 Å². The third kappa shape index (κ3) is 5.17. The molecule has 7 aromatic rings. The van der Waals surface area contributed by atoms with E-state index in [0.29, 0.717) is 0 Å². The predicted molar refractivity (Wildman–Crippen MR) is 195 cm³/mol. The molecule has 228 valence electrons. The van der Waals surface area contributed by atoms with E-state index in [4.69, 9.17) is 4.98 Å². The molecule has 0 spiro atoms. The van der Waals surface area contributed by atoms with Crippen molar-refractivity contribution in [2.75, 3.05) is 0 Å². The third-order valence-electron chi connectivity index (χ3n) is 8.54. The topological polar surface area (TPSA) is 12.9 Å². The van der Waals surface area contributed by atoms with Crippen LogP contribution in [-0.4, -0.2) is 4.98 Å². The Hall–Kier alpha value is -4.14. The van der Waals surface area contributed by atoms with E-state index in [-0.39, 0.29) is 28.5 Å². The van der Waals surface area contributed by atoms with Crippen molar-refractivity contribution >= 4 is 48.4 Å². The largest absolute Gasteiger partial charge is 0.358 e. The first-order valence-electron chi connectivity index (χ1n) is 14.7. The number of allylic oxidation sites excluding steroid dienone is 5. The van der Waals surface area contributed by atoms with Gasteiger partial charge in [0.05, 0.1) is 5.41 Å². The second-order valence-corrected chi connectivity index (χ2v) is 13.2. The van der Waals surface area contributed by atoms with E-state index >= 15 is 0 Å². The molecule has 0 fully saturated rings. The fraction of sp³-hybridized carbons (Fsp3) is 0.0476. The van der Waals surface area contributed by atoms with E-state index in [1.165, 1.54) is 37.2 Å². The summed E-state index contributed by atoms with van der Waals surface area (Å²) in [5.41, 5.74) is 8.58. The fourth-order valence-electron chi connectivity index (χ4n) is 6.51. The van der Waals surface area contributed by atoms with Gasteiger partial charge in [-0.1, -0.05) is 119 Å². The molecule has 8 rings (SSSR count). The molecule has 4 aromatic carbocycles. The summed E-state index contributed by atoms with van der Waals surface area (Å²) >= 11 is 3.47. The minimum Gasteiger partial charge on any atom is -0.358 e. The average Bonchev–Trinajstić information content (AvgIpc) is 3.78. The zero-order valence-corrected chi connectivity index (χ0v) is 29.4. The number of nitrogens with zero attached hydrogens (tertiary/aromatic N) is 1. The molecule has 46 heavy (non-hydrogen) atoms.